The molecule has 5 nitrogen and oxygen atoms in total. The van der Waals surface area contributed by atoms with E-state index >= 15 is 0 Å². The topological polar surface area (TPSA) is 98.5 Å². The largest absolute Gasteiger partial charge is 0.397 e. The number of anilines is 3. The third-order valence-corrected chi connectivity index (χ3v) is 2.62. The van der Waals surface area contributed by atoms with Gasteiger partial charge < -0.3 is 11.1 Å². The van der Waals surface area contributed by atoms with Crippen LogP contribution in [-0.4, -0.2) is 4.98 Å². The molecule has 1 aromatic carbocycles. The number of rotatable bonds is 2. The van der Waals surface area contributed by atoms with Gasteiger partial charge in [0.15, 0.2) is 0 Å². The van der Waals surface area contributed by atoms with E-state index in [0.29, 0.717) is 33.3 Å². The second-order valence-corrected chi connectivity index (χ2v) is 4.14. The van der Waals surface area contributed by atoms with E-state index in [1.807, 2.05) is 12.1 Å². The first-order chi connectivity index (χ1) is 9.13. The summed E-state index contributed by atoms with van der Waals surface area (Å²) in [4.78, 5) is 4.04. The third kappa shape index (κ3) is 2.74. The van der Waals surface area contributed by atoms with E-state index < -0.39 is 0 Å². The maximum Gasteiger partial charge on any atom is 0.148 e. The van der Waals surface area contributed by atoms with Crippen LogP contribution in [0.4, 0.5) is 17.2 Å². The van der Waals surface area contributed by atoms with Gasteiger partial charge in [-0.1, -0.05) is 11.6 Å². The van der Waals surface area contributed by atoms with E-state index in [9.17, 15) is 0 Å². The molecule has 92 valence electrons. The van der Waals surface area contributed by atoms with Crippen LogP contribution < -0.4 is 11.1 Å². The van der Waals surface area contributed by atoms with Crippen LogP contribution in [0.2, 0.25) is 5.02 Å². The Morgan fingerprint density at radius 1 is 1.16 bits per heavy atom. The Bertz CT molecular complexity index is 712. The van der Waals surface area contributed by atoms with Crippen molar-refractivity contribution >= 4 is 28.8 Å². The minimum absolute atomic E-state index is 0.295. The van der Waals surface area contributed by atoms with Gasteiger partial charge >= 0.3 is 0 Å². The number of nitriles is 2. The van der Waals surface area contributed by atoms with Gasteiger partial charge in [0, 0.05) is 5.02 Å². The molecule has 0 unspecified atom stereocenters. The molecule has 2 rings (SSSR count). The van der Waals surface area contributed by atoms with E-state index in [1.165, 1.54) is 12.3 Å². The summed E-state index contributed by atoms with van der Waals surface area (Å²) in [6, 6.07) is 10.3. The summed E-state index contributed by atoms with van der Waals surface area (Å²) < 4.78 is 0. The summed E-state index contributed by atoms with van der Waals surface area (Å²) in [6.07, 6.45) is 1.43. The summed E-state index contributed by atoms with van der Waals surface area (Å²) in [5.74, 6) is 0.329. The fourth-order valence-electron chi connectivity index (χ4n) is 1.51. The molecule has 0 aliphatic heterocycles. The lowest BCUT2D eigenvalue weighted by Crippen LogP contribution is -2.00. The van der Waals surface area contributed by atoms with Crippen molar-refractivity contribution in [1.29, 1.82) is 10.5 Å². The summed E-state index contributed by atoms with van der Waals surface area (Å²) in [5.41, 5.74) is 7.15. The number of aromatic nitrogens is 1. The molecule has 0 bridgehead atoms. The summed E-state index contributed by atoms with van der Waals surface area (Å²) in [5, 5.41) is 21.4. The van der Waals surface area contributed by atoms with Crippen LogP contribution in [0.25, 0.3) is 0 Å². The zero-order valence-corrected chi connectivity index (χ0v) is 10.4. The monoisotopic (exact) mass is 269 g/mol. The first-order valence-electron chi connectivity index (χ1n) is 5.26. The molecule has 2 aromatic rings. The Balaban J connectivity index is 2.45. The highest BCUT2D eigenvalue weighted by atomic mass is 35.5. The maximum atomic E-state index is 9.03. The molecule has 0 saturated carbocycles. The number of halogens is 1. The average molecular weight is 270 g/mol. The van der Waals surface area contributed by atoms with Crippen LogP contribution in [0.3, 0.4) is 0 Å². The van der Waals surface area contributed by atoms with Gasteiger partial charge in [0.1, 0.15) is 18.0 Å². The van der Waals surface area contributed by atoms with Crippen molar-refractivity contribution in [2.45, 2.75) is 0 Å². The van der Waals surface area contributed by atoms with Crippen LogP contribution in [0.5, 0.6) is 0 Å². The second-order valence-electron chi connectivity index (χ2n) is 3.70. The average Bonchev–Trinajstić information content (AvgIpc) is 2.41. The van der Waals surface area contributed by atoms with Gasteiger partial charge in [-0.2, -0.15) is 10.5 Å². The number of nitrogens with one attached hydrogen (secondary N) is 1. The van der Waals surface area contributed by atoms with Gasteiger partial charge in [-0.05, 0) is 24.3 Å². The third-order valence-electron chi connectivity index (χ3n) is 2.38. The molecule has 0 aliphatic rings. The van der Waals surface area contributed by atoms with Gasteiger partial charge in [-0.15, -0.1) is 0 Å². The minimum atomic E-state index is 0.295. The number of pyridine rings is 1. The van der Waals surface area contributed by atoms with Crippen LogP contribution >= 0.6 is 11.6 Å². The molecule has 0 aliphatic carbocycles. The van der Waals surface area contributed by atoms with Gasteiger partial charge in [0.25, 0.3) is 0 Å². The molecule has 0 amide bonds. The van der Waals surface area contributed by atoms with Gasteiger partial charge in [0.05, 0.1) is 28.7 Å². The summed E-state index contributed by atoms with van der Waals surface area (Å²) >= 11 is 5.88. The molecule has 0 radical (unpaired) electrons. The Morgan fingerprint density at radius 3 is 2.58 bits per heavy atom. The lowest BCUT2D eigenvalue weighted by molar-refractivity contribution is 1.28. The highest BCUT2D eigenvalue weighted by molar-refractivity contribution is 6.30. The van der Waals surface area contributed by atoms with Crippen LogP contribution in [-0.2, 0) is 0 Å². The number of hydrogen-bond acceptors (Lipinski definition) is 5. The van der Waals surface area contributed by atoms with Gasteiger partial charge in [-0.25, -0.2) is 4.98 Å². The molecule has 0 saturated heterocycles. The first-order valence-corrected chi connectivity index (χ1v) is 5.64. The van der Waals surface area contributed by atoms with Gasteiger partial charge in [0.2, 0.25) is 0 Å². The molecule has 0 atom stereocenters. The summed E-state index contributed by atoms with van der Waals surface area (Å²) in [7, 11) is 0. The van der Waals surface area contributed by atoms with E-state index in [0.717, 1.165) is 0 Å². The number of nitrogens with zero attached hydrogens (tertiary/aromatic N) is 3. The van der Waals surface area contributed by atoms with Crippen molar-refractivity contribution in [2.24, 2.45) is 0 Å². The predicted octanol–water partition coefficient (Wildman–Crippen LogP) is 2.80. The maximum absolute atomic E-state index is 9.03. The lowest BCUT2D eigenvalue weighted by atomic mass is 10.2. The van der Waals surface area contributed by atoms with Crippen molar-refractivity contribution in [3.8, 4) is 12.1 Å². The Morgan fingerprint density at radius 2 is 1.89 bits per heavy atom. The fraction of sp³-hybridized carbons (Fsp3) is 0. The molecule has 0 fully saturated rings. The van der Waals surface area contributed by atoms with Crippen LogP contribution in [0.1, 0.15) is 11.1 Å². The van der Waals surface area contributed by atoms with Crippen molar-refractivity contribution in [3.05, 3.63) is 46.6 Å². The molecular formula is C13H8ClN5. The smallest absolute Gasteiger partial charge is 0.148 e. The highest BCUT2D eigenvalue weighted by Crippen LogP contribution is 2.25. The number of nitrogens with two attached hydrogens (primary N) is 1. The molecule has 19 heavy (non-hydrogen) atoms. The molecule has 3 N–H and O–H groups in total. The Labute approximate surface area is 114 Å². The molecule has 6 heteroatoms. The fourth-order valence-corrected chi connectivity index (χ4v) is 1.68. The van der Waals surface area contributed by atoms with E-state index in [-0.39, 0.29) is 0 Å². The quantitative estimate of drug-likeness (QED) is 0.873. The minimum Gasteiger partial charge on any atom is -0.397 e. The first kappa shape index (κ1) is 12.7. The Kier molecular flexibility index (Phi) is 3.51. The highest BCUT2D eigenvalue weighted by Gasteiger charge is 2.08. The Hall–Kier alpha value is -2.76. The van der Waals surface area contributed by atoms with Crippen molar-refractivity contribution in [3.63, 3.8) is 0 Å². The number of nitrogen functional groups attached to an aromatic ring is 1. The molecule has 0 spiro atoms. The number of hydrogen-bond donors (Lipinski definition) is 2. The molecular weight excluding hydrogens is 262 g/mol. The second kappa shape index (κ2) is 5.26. The predicted molar refractivity (Wildman–Crippen MR) is 72.8 cm³/mol. The van der Waals surface area contributed by atoms with E-state index in [4.69, 9.17) is 27.9 Å². The van der Waals surface area contributed by atoms with Gasteiger partial charge in [-0.3, -0.25) is 0 Å². The van der Waals surface area contributed by atoms with Crippen molar-refractivity contribution in [1.82, 2.24) is 4.98 Å². The van der Waals surface area contributed by atoms with Crippen LogP contribution in [0.15, 0.2) is 30.5 Å². The van der Waals surface area contributed by atoms with Crippen molar-refractivity contribution in [2.75, 3.05) is 11.1 Å². The van der Waals surface area contributed by atoms with Crippen molar-refractivity contribution < 1.29 is 0 Å². The molecule has 1 aromatic heterocycles. The van der Waals surface area contributed by atoms with E-state index in [2.05, 4.69) is 10.3 Å². The zero-order valence-electron chi connectivity index (χ0n) is 9.68. The molecule has 1 heterocycles. The van der Waals surface area contributed by atoms with Crippen LogP contribution in [0, 0.1) is 22.7 Å². The SMILES string of the molecule is N#Cc1ccc(Cl)cc1Nc1ncc(N)cc1C#N. The summed E-state index contributed by atoms with van der Waals surface area (Å²) in [6.45, 7) is 0. The number of benzene rings is 1. The normalized spacial score (nSPS) is 9.42. The van der Waals surface area contributed by atoms with E-state index in [1.54, 1.807) is 18.2 Å². The standard InChI is InChI=1S/C13H8ClN5/c14-10-2-1-8(5-15)12(4-10)19-13-9(6-16)3-11(17)7-18-13/h1-4,7H,17H2,(H,18,19). The lowest BCUT2D eigenvalue weighted by Gasteiger charge is -2.09. The zero-order chi connectivity index (χ0) is 13.8.